The summed E-state index contributed by atoms with van der Waals surface area (Å²) in [5.74, 6) is 2.89. The Hall–Kier alpha value is -3.17. The zero-order valence-electron chi connectivity index (χ0n) is 18.0. The molecule has 5 heterocycles. The number of aromatic amines is 1. The number of likely N-dealkylation sites (tertiary alicyclic amines) is 1. The van der Waals surface area contributed by atoms with Gasteiger partial charge in [-0.1, -0.05) is 0 Å². The molecule has 1 aliphatic heterocycles. The highest BCUT2D eigenvalue weighted by Crippen LogP contribution is 2.35. The molecule has 0 unspecified atom stereocenters. The lowest BCUT2D eigenvalue weighted by Gasteiger charge is -2.31. The third-order valence-corrected chi connectivity index (χ3v) is 7.60. The monoisotopic (exact) mass is 448 g/mol. The van der Waals surface area contributed by atoms with E-state index in [9.17, 15) is 4.79 Å². The SMILES string of the molecule is COc1ccc2[nH]cc(C3CCN(Cc4nnc5n(C)c(=O)c6sccc6n45)CC3)c2c1. The number of nitrogens with zero attached hydrogens (tertiary/aromatic N) is 5. The lowest BCUT2D eigenvalue weighted by Crippen LogP contribution is -2.33. The van der Waals surface area contributed by atoms with Gasteiger partial charge in [0.05, 0.1) is 19.2 Å². The van der Waals surface area contributed by atoms with Crippen molar-refractivity contribution in [3.8, 4) is 5.75 Å². The molecule has 0 aliphatic carbocycles. The van der Waals surface area contributed by atoms with Gasteiger partial charge in [-0.05, 0) is 67.1 Å². The predicted molar refractivity (Wildman–Crippen MR) is 126 cm³/mol. The highest BCUT2D eigenvalue weighted by molar-refractivity contribution is 7.17. The van der Waals surface area contributed by atoms with Crippen molar-refractivity contribution in [3.05, 3.63) is 57.6 Å². The number of thiophene rings is 1. The van der Waals surface area contributed by atoms with Gasteiger partial charge in [0, 0.05) is 24.1 Å². The minimum absolute atomic E-state index is 0.0161. The Morgan fingerprint density at radius 1 is 1.22 bits per heavy atom. The first-order valence-electron chi connectivity index (χ1n) is 10.8. The van der Waals surface area contributed by atoms with Crippen LogP contribution in [0.2, 0.25) is 0 Å². The Balaban J connectivity index is 1.24. The first-order chi connectivity index (χ1) is 15.6. The Labute approximate surface area is 188 Å². The highest BCUT2D eigenvalue weighted by Gasteiger charge is 2.25. The summed E-state index contributed by atoms with van der Waals surface area (Å²) >= 11 is 1.47. The Morgan fingerprint density at radius 2 is 2.06 bits per heavy atom. The summed E-state index contributed by atoms with van der Waals surface area (Å²) in [7, 11) is 3.47. The third-order valence-electron chi connectivity index (χ3n) is 6.71. The fourth-order valence-electron chi connectivity index (χ4n) is 4.94. The van der Waals surface area contributed by atoms with Crippen molar-refractivity contribution in [2.45, 2.75) is 25.3 Å². The van der Waals surface area contributed by atoms with Crippen LogP contribution in [0.1, 0.15) is 30.1 Å². The van der Waals surface area contributed by atoms with Crippen LogP contribution in [0.15, 0.2) is 40.6 Å². The number of rotatable bonds is 4. The smallest absolute Gasteiger partial charge is 0.272 e. The molecule has 8 nitrogen and oxygen atoms in total. The van der Waals surface area contributed by atoms with Crippen molar-refractivity contribution < 1.29 is 4.74 Å². The molecule has 164 valence electrons. The van der Waals surface area contributed by atoms with E-state index < -0.39 is 0 Å². The molecule has 0 saturated carbocycles. The van der Waals surface area contributed by atoms with E-state index in [1.54, 1.807) is 18.7 Å². The summed E-state index contributed by atoms with van der Waals surface area (Å²) in [6.07, 6.45) is 4.34. The number of ether oxygens (including phenoxy) is 1. The summed E-state index contributed by atoms with van der Waals surface area (Å²) in [4.78, 5) is 18.4. The van der Waals surface area contributed by atoms with Crippen molar-refractivity contribution in [1.29, 1.82) is 0 Å². The molecule has 0 amide bonds. The molecule has 0 radical (unpaired) electrons. The van der Waals surface area contributed by atoms with Gasteiger partial charge >= 0.3 is 0 Å². The van der Waals surface area contributed by atoms with Gasteiger partial charge in [-0.15, -0.1) is 21.5 Å². The number of nitrogens with one attached hydrogen (secondary N) is 1. The minimum Gasteiger partial charge on any atom is -0.497 e. The number of methoxy groups -OCH3 is 1. The zero-order valence-corrected chi connectivity index (χ0v) is 18.9. The van der Waals surface area contributed by atoms with Gasteiger partial charge < -0.3 is 9.72 Å². The molecule has 1 aliphatic rings. The van der Waals surface area contributed by atoms with Crippen LogP contribution in [0, 0.1) is 0 Å². The molecule has 1 fully saturated rings. The van der Waals surface area contributed by atoms with Crippen LogP contribution in [0.5, 0.6) is 5.75 Å². The van der Waals surface area contributed by atoms with Crippen molar-refractivity contribution in [2.24, 2.45) is 7.05 Å². The molecule has 4 aromatic heterocycles. The molecule has 0 atom stereocenters. The largest absolute Gasteiger partial charge is 0.497 e. The molecule has 0 spiro atoms. The lowest BCUT2D eigenvalue weighted by molar-refractivity contribution is 0.200. The molecule has 9 heteroatoms. The number of hydrogen-bond donors (Lipinski definition) is 1. The molecular formula is C23H24N6O2S. The second-order valence-corrected chi connectivity index (χ2v) is 9.37. The van der Waals surface area contributed by atoms with E-state index in [4.69, 9.17) is 4.74 Å². The maximum absolute atomic E-state index is 12.6. The molecule has 0 bridgehead atoms. The Kier molecular flexibility index (Phi) is 4.55. The van der Waals surface area contributed by atoms with E-state index in [1.165, 1.54) is 22.3 Å². The summed E-state index contributed by atoms with van der Waals surface area (Å²) in [5, 5.41) is 12.0. The number of aromatic nitrogens is 5. The van der Waals surface area contributed by atoms with E-state index in [1.807, 2.05) is 21.9 Å². The normalized spacial score (nSPS) is 15.9. The molecular weight excluding hydrogens is 424 g/mol. The van der Waals surface area contributed by atoms with Gasteiger partial charge in [-0.3, -0.25) is 18.7 Å². The standard InChI is InChI=1S/C23H24N6O2S/c1-27-22(30)21-19(7-10-32-21)29-20(25-26-23(27)29)13-28-8-5-14(6-9-28)17-12-24-18-4-3-15(31-2)11-16(17)18/h3-4,7,10-12,14,24H,5-6,8-9,13H2,1-2H3. The average Bonchev–Trinajstić information content (AvgIpc) is 3.55. The predicted octanol–water partition coefficient (Wildman–Crippen LogP) is 3.51. The summed E-state index contributed by atoms with van der Waals surface area (Å²) in [6.45, 7) is 2.71. The summed E-state index contributed by atoms with van der Waals surface area (Å²) < 4.78 is 9.80. The fourth-order valence-corrected chi connectivity index (χ4v) is 5.79. The van der Waals surface area contributed by atoms with E-state index in [2.05, 4.69) is 38.4 Å². The number of aryl methyl sites for hydroxylation is 1. The van der Waals surface area contributed by atoms with Gasteiger partial charge in [-0.2, -0.15) is 0 Å². The second-order valence-electron chi connectivity index (χ2n) is 8.46. The molecule has 1 saturated heterocycles. The number of fused-ring (bicyclic) bond motifs is 4. The summed E-state index contributed by atoms with van der Waals surface area (Å²) in [6, 6.07) is 8.20. The van der Waals surface area contributed by atoms with Crippen LogP contribution in [0.4, 0.5) is 0 Å². The highest BCUT2D eigenvalue weighted by atomic mass is 32.1. The van der Waals surface area contributed by atoms with E-state index in [0.717, 1.165) is 59.8 Å². The van der Waals surface area contributed by atoms with Gasteiger partial charge in [0.15, 0.2) is 5.82 Å². The third kappa shape index (κ3) is 2.96. The first kappa shape index (κ1) is 19.5. The van der Waals surface area contributed by atoms with Crippen LogP contribution in [-0.2, 0) is 13.6 Å². The van der Waals surface area contributed by atoms with Crippen LogP contribution in [0.3, 0.4) is 0 Å². The number of piperidine rings is 1. The Morgan fingerprint density at radius 3 is 2.88 bits per heavy atom. The van der Waals surface area contributed by atoms with Gasteiger partial charge in [0.25, 0.3) is 5.56 Å². The Bertz CT molecular complexity index is 1500. The van der Waals surface area contributed by atoms with Crippen LogP contribution in [0.25, 0.3) is 26.9 Å². The first-order valence-corrected chi connectivity index (χ1v) is 11.7. The van der Waals surface area contributed by atoms with Gasteiger partial charge in [0.2, 0.25) is 5.78 Å². The molecule has 32 heavy (non-hydrogen) atoms. The van der Waals surface area contributed by atoms with Crippen molar-refractivity contribution in [3.63, 3.8) is 0 Å². The zero-order chi connectivity index (χ0) is 21.8. The van der Waals surface area contributed by atoms with Crippen molar-refractivity contribution >= 4 is 38.2 Å². The topological polar surface area (TPSA) is 80.4 Å². The van der Waals surface area contributed by atoms with Gasteiger partial charge in [-0.25, -0.2) is 0 Å². The molecule has 5 aromatic rings. The van der Waals surface area contributed by atoms with Crippen LogP contribution < -0.4 is 10.3 Å². The number of H-pyrrole nitrogens is 1. The van der Waals surface area contributed by atoms with E-state index in [-0.39, 0.29) is 5.56 Å². The maximum atomic E-state index is 12.6. The molecule has 1 N–H and O–H groups in total. The maximum Gasteiger partial charge on any atom is 0.272 e. The van der Waals surface area contributed by atoms with Crippen molar-refractivity contribution in [1.82, 2.24) is 29.0 Å². The number of benzene rings is 1. The van der Waals surface area contributed by atoms with E-state index in [0.29, 0.717) is 11.7 Å². The number of hydrogen-bond acceptors (Lipinski definition) is 6. The fraction of sp³-hybridized carbons (Fsp3) is 0.348. The average molecular weight is 449 g/mol. The summed E-state index contributed by atoms with van der Waals surface area (Å²) in [5.41, 5.74) is 3.42. The van der Waals surface area contributed by atoms with Gasteiger partial charge in [0.1, 0.15) is 10.4 Å². The van der Waals surface area contributed by atoms with Crippen LogP contribution in [-0.4, -0.2) is 49.2 Å². The minimum atomic E-state index is -0.0161. The molecule has 1 aromatic carbocycles. The van der Waals surface area contributed by atoms with Crippen LogP contribution >= 0.6 is 11.3 Å². The molecule has 6 rings (SSSR count). The van der Waals surface area contributed by atoms with Crippen molar-refractivity contribution in [2.75, 3.05) is 20.2 Å². The van der Waals surface area contributed by atoms with E-state index >= 15 is 0 Å². The lowest BCUT2D eigenvalue weighted by atomic mass is 9.89. The second kappa shape index (κ2) is 7.46. The quantitative estimate of drug-likeness (QED) is 0.455.